The van der Waals surface area contributed by atoms with Gasteiger partial charge in [0.2, 0.25) is 0 Å². The van der Waals surface area contributed by atoms with Gasteiger partial charge < -0.3 is 20.7 Å². The molecule has 0 saturated heterocycles. The Hall–Kier alpha value is -1.78. The van der Waals surface area contributed by atoms with E-state index in [2.05, 4.69) is 61.1 Å². The van der Waals surface area contributed by atoms with Crippen LogP contribution in [0, 0.1) is 15.4 Å². The van der Waals surface area contributed by atoms with Crippen LogP contribution in [0.5, 0.6) is 0 Å². The first-order valence-corrected chi connectivity index (χ1v) is 9.81. The molecular weight excluding hydrogens is 443 g/mol. The quantitative estimate of drug-likeness (QED) is 0.513. The van der Waals surface area contributed by atoms with Crippen molar-refractivity contribution in [2.24, 2.45) is 17.6 Å². The van der Waals surface area contributed by atoms with Gasteiger partial charge in [0, 0.05) is 16.2 Å². The Morgan fingerprint density at radius 1 is 1.27 bits per heavy atom. The zero-order valence-electron chi connectivity index (χ0n) is 14.0. The van der Waals surface area contributed by atoms with Gasteiger partial charge >= 0.3 is 0 Å². The van der Waals surface area contributed by atoms with Crippen LogP contribution < -0.4 is 11.1 Å². The van der Waals surface area contributed by atoms with Crippen molar-refractivity contribution < 1.29 is 5.11 Å². The van der Waals surface area contributed by atoms with Crippen LogP contribution in [-0.4, -0.2) is 36.8 Å². The molecule has 26 heavy (non-hydrogen) atoms. The number of hydrogen-bond acceptors (Lipinski definition) is 6. The van der Waals surface area contributed by atoms with Crippen molar-refractivity contribution in [1.82, 2.24) is 19.5 Å². The summed E-state index contributed by atoms with van der Waals surface area (Å²) in [5.41, 5.74) is 8.78. The molecule has 0 bridgehead atoms. The van der Waals surface area contributed by atoms with Gasteiger partial charge in [-0.3, -0.25) is 0 Å². The highest BCUT2D eigenvalue weighted by molar-refractivity contribution is 14.1. The SMILES string of the molecule is N[C@H]1[C@@H](O)[C@H](n2cnc3c(NCc4cccc(I)c4)ncnc32)[C@H]2C[C@@H]12. The van der Waals surface area contributed by atoms with Gasteiger partial charge in [-0.25, -0.2) is 15.0 Å². The van der Waals surface area contributed by atoms with Crippen LogP contribution in [-0.2, 0) is 6.54 Å². The average molecular weight is 462 g/mol. The second kappa shape index (κ2) is 6.14. The molecule has 4 N–H and O–H groups in total. The molecule has 5 atom stereocenters. The number of fused-ring (bicyclic) bond motifs is 2. The van der Waals surface area contributed by atoms with E-state index in [9.17, 15) is 5.11 Å². The van der Waals surface area contributed by atoms with Crippen LogP contribution in [0.15, 0.2) is 36.9 Å². The van der Waals surface area contributed by atoms with Gasteiger partial charge in [-0.05, 0) is 58.5 Å². The lowest BCUT2D eigenvalue weighted by Gasteiger charge is -2.22. The first kappa shape index (κ1) is 16.4. The minimum Gasteiger partial charge on any atom is -0.389 e. The summed E-state index contributed by atoms with van der Waals surface area (Å²) in [5, 5.41) is 13.9. The molecule has 0 unspecified atom stereocenters. The lowest BCUT2D eigenvalue weighted by molar-refractivity contribution is 0.104. The third-order valence-corrected chi connectivity index (χ3v) is 6.27. The maximum Gasteiger partial charge on any atom is 0.165 e. The van der Waals surface area contributed by atoms with Gasteiger partial charge in [-0.1, -0.05) is 12.1 Å². The highest BCUT2D eigenvalue weighted by Gasteiger charge is 2.59. The Labute approximate surface area is 164 Å². The number of nitrogens with two attached hydrogens (primary N) is 1. The van der Waals surface area contributed by atoms with Crippen LogP contribution >= 0.6 is 22.6 Å². The molecule has 2 aliphatic rings. The van der Waals surface area contributed by atoms with Crippen LogP contribution in [0.4, 0.5) is 5.82 Å². The monoisotopic (exact) mass is 462 g/mol. The fraction of sp³-hybridized carbons (Fsp3) is 0.389. The van der Waals surface area contributed by atoms with Gasteiger partial charge in [-0.2, -0.15) is 0 Å². The first-order valence-electron chi connectivity index (χ1n) is 8.73. The number of nitrogens with zero attached hydrogens (tertiary/aromatic N) is 4. The maximum absolute atomic E-state index is 10.5. The third-order valence-electron chi connectivity index (χ3n) is 5.60. The molecule has 2 aliphatic carbocycles. The maximum atomic E-state index is 10.5. The molecule has 3 aromatic rings. The highest BCUT2D eigenvalue weighted by Crippen LogP contribution is 2.57. The molecule has 0 aliphatic heterocycles. The summed E-state index contributed by atoms with van der Waals surface area (Å²) in [6.07, 6.45) is 3.83. The number of nitrogens with one attached hydrogen (secondary N) is 1. The van der Waals surface area contributed by atoms with E-state index in [1.165, 1.54) is 9.13 Å². The normalized spacial score (nSPS) is 29.7. The lowest BCUT2D eigenvalue weighted by atomic mass is 10.1. The zero-order valence-corrected chi connectivity index (χ0v) is 16.1. The summed E-state index contributed by atoms with van der Waals surface area (Å²) >= 11 is 2.31. The molecule has 0 radical (unpaired) electrons. The summed E-state index contributed by atoms with van der Waals surface area (Å²) in [6, 6.07) is 8.13. The second-order valence-electron chi connectivity index (χ2n) is 7.15. The second-order valence-corrected chi connectivity index (χ2v) is 8.40. The summed E-state index contributed by atoms with van der Waals surface area (Å²) in [7, 11) is 0. The van der Waals surface area contributed by atoms with E-state index in [-0.39, 0.29) is 12.1 Å². The number of aliphatic hydroxyl groups is 1. The Morgan fingerprint density at radius 2 is 2.15 bits per heavy atom. The van der Waals surface area contributed by atoms with Crippen LogP contribution in [0.1, 0.15) is 18.0 Å². The van der Waals surface area contributed by atoms with Crippen molar-refractivity contribution in [3.63, 3.8) is 0 Å². The summed E-state index contributed by atoms with van der Waals surface area (Å²) in [4.78, 5) is 13.3. The van der Waals surface area contributed by atoms with Crippen molar-refractivity contribution in [3.05, 3.63) is 46.1 Å². The largest absolute Gasteiger partial charge is 0.389 e. The minimum atomic E-state index is -0.547. The summed E-state index contributed by atoms with van der Waals surface area (Å²) < 4.78 is 3.18. The van der Waals surface area contributed by atoms with Crippen molar-refractivity contribution in [2.45, 2.75) is 31.2 Å². The number of halogens is 1. The van der Waals surface area contributed by atoms with E-state index < -0.39 is 6.10 Å². The van der Waals surface area contributed by atoms with Crippen molar-refractivity contribution in [1.29, 1.82) is 0 Å². The molecule has 0 spiro atoms. The van der Waals surface area contributed by atoms with E-state index in [0.29, 0.717) is 24.2 Å². The molecule has 2 fully saturated rings. The van der Waals surface area contributed by atoms with Gasteiger partial charge in [0.05, 0.1) is 18.5 Å². The fourth-order valence-electron chi connectivity index (χ4n) is 4.21. The molecule has 134 valence electrons. The molecule has 2 heterocycles. The molecule has 0 amide bonds. The molecule has 2 aromatic heterocycles. The van der Waals surface area contributed by atoms with E-state index in [1.807, 2.05) is 10.6 Å². The highest BCUT2D eigenvalue weighted by atomic mass is 127. The summed E-state index contributed by atoms with van der Waals surface area (Å²) in [6.45, 7) is 0.664. The number of rotatable bonds is 4. The van der Waals surface area contributed by atoms with Crippen molar-refractivity contribution in [2.75, 3.05) is 5.32 Å². The fourth-order valence-corrected chi connectivity index (χ4v) is 4.82. The van der Waals surface area contributed by atoms with E-state index in [4.69, 9.17) is 5.73 Å². The predicted molar refractivity (Wildman–Crippen MR) is 106 cm³/mol. The molecule has 5 rings (SSSR count). The van der Waals surface area contributed by atoms with E-state index >= 15 is 0 Å². The molecule has 2 saturated carbocycles. The van der Waals surface area contributed by atoms with Gasteiger partial charge in [0.25, 0.3) is 0 Å². The third kappa shape index (κ3) is 2.58. The lowest BCUT2D eigenvalue weighted by Crippen LogP contribution is -2.37. The molecular formula is C18H19IN6O. The molecule has 7 nitrogen and oxygen atoms in total. The van der Waals surface area contributed by atoms with Crippen LogP contribution in [0.25, 0.3) is 11.2 Å². The van der Waals surface area contributed by atoms with Crippen molar-refractivity contribution >= 4 is 39.6 Å². The zero-order chi connectivity index (χ0) is 17.8. The number of aliphatic hydroxyl groups excluding tert-OH is 1. The Bertz CT molecular complexity index is 975. The number of imidazole rings is 1. The Kier molecular flexibility index (Phi) is 3.87. The summed E-state index contributed by atoms with van der Waals surface area (Å²) in [5.74, 6) is 1.55. The number of hydrogen-bond donors (Lipinski definition) is 3. The number of aromatic nitrogens is 4. The van der Waals surface area contributed by atoms with Crippen LogP contribution in [0.3, 0.4) is 0 Å². The topological polar surface area (TPSA) is 102 Å². The predicted octanol–water partition coefficient (Wildman–Crippen LogP) is 1.92. The minimum absolute atomic E-state index is 0.0431. The average Bonchev–Trinajstić information content (AvgIpc) is 3.24. The van der Waals surface area contributed by atoms with Gasteiger partial charge in [0.15, 0.2) is 11.5 Å². The van der Waals surface area contributed by atoms with Crippen LogP contribution in [0.2, 0.25) is 0 Å². The van der Waals surface area contributed by atoms with Gasteiger partial charge in [-0.15, -0.1) is 0 Å². The van der Waals surface area contributed by atoms with E-state index in [1.54, 1.807) is 12.7 Å². The molecule has 1 aromatic carbocycles. The first-order chi connectivity index (χ1) is 12.6. The van der Waals surface area contributed by atoms with Crippen molar-refractivity contribution in [3.8, 4) is 0 Å². The number of anilines is 1. The Morgan fingerprint density at radius 3 is 2.92 bits per heavy atom. The smallest absolute Gasteiger partial charge is 0.165 e. The standard InChI is InChI=1S/C18H19IN6O/c19-10-3-1-2-9(4-10)6-21-17-14-18(23-7-22-17)25(8-24-14)15-12-5-11(12)13(20)16(15)26/h1-4,7-8,11-13,15-16,26H,5-6,20H2,(H,21,22,23)/t11-,12+,13-,15-,16-/m1/s1. The Balaban J connectivity index is 1.44. The number of benzene rings is 1. The van der Waals surface area contributed by atoms with E-state index in [0.717, 1.165) is 17.6 Å². The van der Waals surface area contributed by atoms with Gasteiger partial charge in [0.1, 0.15) is 11.8 Å². The molecule has 8 heteroatoms.